The largest absolute Gasteiger partial charge is 0.381 e. The van der Waals surface area contributed by atoms with Gasteiger partial charge in [0.05, 0.1) is 11.0 Å². The topological polar surface area (TPSA) is 43.8 Å². The molecule has 10 heavy (non-hydrogen) atoms. The molecule has 1 aromatic heterocycles. The molecule has 0 fully saturated rings. The van der Waals surface area contributed by atoms with Crippen molar-refractivity contribution in [3.05, 3.63) is 23.3 Å². The smallest absolute Gasteiger partial charge is 0.159 e. The van der Waals surface area contributed by atoms with Crippen molar-refractivity contribution >= 4 is 21.7 Å². The first kappa shape index (κ1) is 7.34. The second-order valence-corrected chi connectivity index (χ2v) is 2.73. The summed E-state index contributed by atoms with van der Waals surface area (Å²) in [6.45, 7) is 4.27. The van der Waals surface area contributed by atoms with Crippen LogP contribution in [-0.4, -0.2) is 9.78 Å². The zero-order valence-electron chi connectivity index (χ0n) is 5.42. The number of halogens is 1. The number of nitrogens with two attached hydrogens (primary N) is 1. The Morgan fingerprint density at radius 2 is 2.60 bits per heavy atom. The van der Waals surface area contributed by atoms with Crippen LogP contribution in [0.2, 0.25) is 0 Å². The number of aromatic nitrogens is 2. The van der Waals surface area contributed by atoms with Crippen LogP contribution < -0.4 is 5.73 Å². The number of hydrogen-bond acceptors (Lipinski definition) is 2. The number of allylic oxidation sites excluding steroid dienone is 1. The normalized spacial score (nSPS) is 9.70. The maximum absolute atomic E-state index is 5.46. The predicted octanol–water partition coefficient (Wildman–Crippen LogP) is 1.41. The predicted molar refractivity (Wildman–Crippen MR) is 44.5 cm³/mol. The number of nitrogens with zero attached hydrogens (tertiary/aromatic N) is 2. The molecule has 0 aromatic carbocycles. The van der Waals surface area contributed by atoms with E-state index in [1.54, 1.807) is 10.8 Å². The van der Waals surface area contributed by atoms with Crippen molar-refractivity contribution < 1.29 is 0 Å². The highest BCUT2D eigenvalue weighted by molar-refractivity contribution is 9.10. The van der Waals surface area contributed by atoms with Gasteiger partial charge < -0.3 is 5.73 Å². The monoisotopic (exact) mass is 201 g/mol. The molecular weight excluding hydrogens is 194 g/mol. The van der Waals surface area contributed by atoms with Gasteiger partial charge in [-0.1, -0.05) is 6.08 Å². The highest BCUT2D eigenvalue weighted by Gasteiger charge is 1.98. The van der Waals surface area contributed by atoms with Crippen LogP contribution in [0.15, 0.2) is 23.3 Å². The molecule has 1 aromatic rings. The van der Waals surface area contributed by atoms with E-state index in [0.29, 0.717) is 12.4 Å². The summed E-state index contributed by atoms with van der Waals surface area (Å²) in [7, 11) is 0. The molecule has 0 radical (unpaired) electrons. The third kappa shape index (κ3) is 1.39. The fourth-order valence-corrected chi connectivity index (χ4v) is 0.953. The van der Waals surface area contributed by atoms with E-state index in [4.69, 9.17) is 5.73 Å². The Morgan fingerprint density at radius 3 is 3.00 bits per heavy atom. The lowest BCUT2D eigenvalue weighted by Crippen LogP contribution is -1.96. The van der Waals surface area contributed by atoms with E-state index in [1.165, 1.54) is 0 Å². The number of anilines is 1. The average molecular weight is 202 g/mol. The minimum absolute atomic E-state index is 0.516. The lowest BCUT2D eigenvalue weighted by Gasteiger charge is -1.90. The Labute approximate surface area is 67.7 Å². The van der Waals surface area contributed by atoms with E-state index >= 15 is 0 Å². The van der Waals surface area contributed by atoms with E-state index in [1.807, 2.05) is 6.20 Å². The molecule has 3 nitrogen and oxygen atoms in total. The van der Waals surface area contributed by atoms with E-state index in [0.717, 1.165) is 4.47 Å². The first-order valence-corrected chi connectivity index (χ1v) is 3.62. The zero-order chi connectivity index (χ0) is 7.56. The Hall–Kier alpha value is -0.770. The van der Waals surface area contributed by atoms with Gasteiger partial charge in [0.15, 0.2) is 5.82 Å². The molecule has 0 saturated heterocycles. The molecule has 0 amide bonds. The molecule has 54 valence electrons. The van der Waals surface area contributed by atoms with Crippen LogP contribution in [0.4, 0.5) is 5.82 Å². The fraction of sp³-hybridized carbons (Fsp3) is 0.167. The van der Waals surface area contributed by atoms with Gasteiger partial charge in [-0.2, -0.15) is 5.10 Å². The van der Waals surface area contributed by atoms with Gasteiger partial charge in [0.1, 0.15) is 0 Å². The summed E-state index contributed by atoms with van der Waals surface area (Å²) in [5.41, 5.74) is 5.46. The van der Waals surface area contributed by atoms with E-state index in [9.17, 15) is 0 Å². The first-order valence-electron chi connectivity index (χ1n) is 2.83. The zero-order valence-corrected chi connectivity index (χ0v) is 7.00. The summed E-state index contributed by atoms with van der Waals surface area (Å²) in [5, 5.41) is 3.98. The van der Waals surface area contributed by atoms with Crippen molar-refractivity contribution in [2.24, 2.45) is 0 Å². The second-order valence-electron chi connectivity index (χ2n) is 1.87. The maximum Gasteiger partial charge on any atom is 0.159 e. The third-order valence-electron chi connectivity index (χ3n) is 1.06. The van der Waals surface area contributed by atoms with E-state index in [2.05, 4.69) is 27.6 Å². The van der Waals surface area contributed by atoms with Crippen molar-refractivity contribution in [1.29, 1.82) is 0 Å². The van der Waals surface area contributed by atoms with Gasteiger partial charge in [0.25, 0.3) is 0 Å². The molecule has 1 heterocycles. The van der Waals surface area contributed by atoms with Gasteiger partial charge in [0, 0.05) is 6.20 Å². The summed E-state index contributed by atoms with van der Waals surface area (Å²) in [6, 6.07) is 0. The van der Waals surface area contributed by atoms with Crippen LogP contribution in [0, 0.1) is 0 Å². The average Bonchev–Trinajstić information content (AvgIpc) is 2.14. The van der Waals surface area contributed by atoms with Crippen LogP contribution in [0.25, 0.3) is 0 Å². The van der Waals surface area contributed by atoms with Crippen molar-refractivity contribution in [1.82, 2.24) is 9.78 Å². The molecule has 2 N–H and O–H groups in total. The molecule has 0 saturated carbocycles. The van der Waals surface area contributed by atoms with Crippen molar-refractivity contribution in [2.45, 2.75) is 6.54 Å². The minimum Gasteiger partial charge on any atom is -0.381 e. The van der Waals surface area contributed by atoms with Gasteiger partial charge in [-0.25, -0.2) is 0 Å². The lowest BCUT2D eigenvalue weighted by atomic mass is 10.6. The number of nitrogen functional groups attached to an aromatic ring is 1. The molecule has 0 bridgehead atoms. The standard InChI is InChI=1S/C6H8BrN3/c1-2-3-10-4-5(7)6(8)9-10/h2,4H,1,3H2,(H2,8,9). The molecule has 1 rings (SSSR count). The van der Waals surface area contributed by atoms with Crippen LogP contribution in [-0.2, 0) is 6.54 Å². The molecule has 0 unspecified atom stereocenters. The lowest BCUT2D eigenvalue weighted by molar-refractivity contribution is 0.706. The Bertz CT molecular complexity index is 222. The number of hydrogen-bond donors (Lipinski definition) is 1. The van der Waals surface area contributed by atoms with E-state index in [-0.39, 0.29) is 0 Å². The summed E-state index contributed by atoms with van der Waals surface area (Å²) in [4.78, 5) is 0. The molecule has 0 aliphatic rings. The molecule has 0 aliphatic heterocycles. The minimum atomic E-state index is 0.516. The van der Waals surface area contributed by atoms with Gasteiger partial charge in [-0.3, -0.25) is 4.68 Å². The quantitative estimate of drug-likeness (QED) is 0.737. The molecule has 4 heteroatoms. The van der Waals surface area contributed by atoms with Crippen LogP contribution in [0.5, 0.6) is 0 Å². The van der Waals surface area contributed by atoms with Crippen LogP contribution >= 0.6 is 15.9 Å². The third-order valence-corrected chi connectivity index (χ3v) is 1.67. The SMILES string of the molecule is C=CCn1cc(Br)c(N)n1. The maximum atomic E-state index is 5.46. The Balaban J connectivity index is 2.86. The molecule has 0 aliphatic carbocycles. The molecule has 0 atom stereocenters. The highest BCUT2D eigenvalue weighted by Crippen LogP contribution is 2.15. The van der Waals surface area contributed by atoms with Gasteiger partial charge >= 0.3 is 0 Å². The fourth-order valence-electron chi connectivity index (χ4n) is 0.638. The second kappa shape index (κ2) is 2.88. The van der Waals surface area contributed by atoms with E-state index < -0.39 is 0 Å². The summed E-state index contributed by atoms with van der Waals surface area (Å²) in [6.07, 6.45) is 3.58. The molecule has 0 spiro atoms. The molecular formula is C6H8BrN3. The van der Waals surface area contributed by atoms with Crippen molar-refractivity contribution in [3.8, 4) is 0 Å². The first-order chi connectivity index (χ1) is 4.74. The highest BCUT2D eigenvalue weighted by atomic mass is 79.9. The summed E-state index contributed by atoms with van der Waals surface area (Å²) >= 11 is 3.24. The van der Waals surface area contributed by atoms with Crippen molar-refractivity contribution in [2.75, 3.05) is 5.73 Å². The van der Waals surface area contributed by atoms with Gasteiger partial charge in [0.2, 0.25) is 0 Å². The van der Waals surface area contributed by atoms with Crippen LogP contribution in [0.3, 0.4) is 0 Å². The summed E-state index contributed by atoms with van der Waals surface area (Å²) < 4.78 is 2.54. The Kier molecular flexibility index (Phi) is 2.11. The van der Waals surface area contributed by atoms with Crippen molar-refractivity contribution in [3.63, 3.8) is 0 Å². The Morgan fingerprint density at radius 1 is 1.90 bits per heavy atom. The van der Waals surface area contributed by atoms with Crippen LogP contribution in [0.1, 0.15) is 0 Å². The number of rotatable bonds is 2. The van der Waals surface area contributed by atoms with Gasteiger partial charge in [-0.15, -0.1) is 6.58 Å². The summed E-state index contributed by atoms with van der Waals surface area (Å²) in [5.74, 6) is 0.516. The van der Waals surface area contributed by atoms with Gasteiger partial charge in [-0.05, 0) is 15.9 Å².